The second kappa shape index (κ2) is 16.9. The summed E-state index contributed by atoms with van der Waals surface area (Å²) in [5.74, 6) is 1.01. The molecule has 1 saturated heterocycles. The molecule has 0 atom stereocenters. The van der Waals surface area contributed by atoms with Gasteiger partial charge in [0.2, 0.25) is 0 Å². The molecule has 288 valence electrons. The maximum Gasteiger partial charge on any atom is 0.137 e. The van der Waals surface area contributed by atoms with Crippen LogP contribution in [0.25, 0.3) is 66.6 Å². The highest BCUT2D eigenvalue weighted by Crippen LogP contribution is 2.36. The van der Waals surface area contributed by atoms with Gasteiger partial charge in [0.25, 0.3) is 0 Å². The normalized spacial score (nSPS) is 13.5. The van der Waals surface area contributed by atoms with Gasteiger partial charge in [-0.05, 0) is 114 Å². The van der Waals surface area contributed by atoms with Crippen molar-refractivity contribution in [3.63, 3.8) is 0 Å². The van der Waals surface area contributed by atoms with E-state index in [9.17, 15) is 15.3 Å². The van der Waals surface area contributed by atoms with E-state index < -0.39 is 0 Å². The lowest BCUT2D eigenvalue weighted by molar-refractivity contribution is 0.127. The summed E-state index contributed by atoms with van der Waals surface area (Å²) in [4.78, 5) is 18.2. The number of pyridine rings is 2. The lowest BCUT2D eigenvalue weighted by atomic mass is 9.96. The van der Waals surface area contributed by atoms with E-state index in [2.05, 4.69) is 100 Å². The molecule has 0 unspecified atom stereocenters. The lowest BCUT2D eigenvalue weighted by Crippen LogP contribution is -2.34. The van der Waals surface area contributed by atoms with Crippen molar-refractivity contribution in [1.82, 2.24) is 24.8 Å². The van der Waals surface area contributed by atoms with Crippen LogP contribution in [0.5, 0.6) is 11.5 Å². The Balaban J connectivity index is 0.000000168. The fraction of sp³-hybridized carbons (Fsp3) is 0.224. The van der Waals surface area contributed by atoms with Gasteiger partial charge in [0.1, 0.15) is 22.8 Å². The van der Waals surface area contributed by atoms with Crippen molar-refractivity contribution in [2.75, 3.05) is 19.7 Å². The number of aliphatic hydroxyl groups is 1. The second-order valence-corrected chi connectivity index (χ2v) is 15.0. The third-order valence-corrected chi connectivity index (χ3v) is 11.4. The molecule has 8 nitrogen and oxygen atoms in total. The molecule has 1 fully saturated rings. The maximum absolute atomic E-state index is 10.5. The van der Waals surface area contributed by atoms with E-state index in [1.807, 2.05) is 43.0 Å². The number of benzene rings is 4. The van der Waals surface area contributed by atoms with E-state index >= 15 is 0 Å². The van der Waals surface area contributed by atoms with Crippen molar-refractivity contribution in [2.45, 2.75) is 46.1 Å². The van der Waals surface area contributed by atoms with E-state index in [1.165, 1.54) is 33.4 Å². The number of aliphatic hydroxyl groups excluding tert-OH is 1. The average molecular weight is 756 g/mol. The van der Waals surface area contributed by atoms with Crippen LogP contribution in [0.15, 0.2) is 128 Å². The molecule has 0 amide bonds. The first-order valence-electron chi connectivity index (χ1n) is 20.0. The average Bonchev–Trinajstić information content (AvgIpc) is 3.89. The first-order chi connectivity index (χ1) is 27.9. The van der Waals surface area contributed by atoms with E-state index in [1.54, 1.807) is 18.2 Å². The number of aromatic nitrogens is 4. The molecule has 0 bridgehead atoms. The van der Waals surface area contributed by atoms with Crippen LogP contribution in [-0.2, 0) is 19.4 Å². The number of rotatable bonds is 9. The van der Waals surface area contributed by atoms with E-state index in [-0.39, 0.29) is 12.4 Å². The Morgan fingerprint density at radius 2 is 1.12 bits per heavy atom. The number of piperidine rings is 1. The molecule has 0 saturated carbocycles. The number of nitrogens with zero attached hydrogens (tertiary/aromatic N) is 3. The number of aryl methyl sites for hydroxylation is 2. The predicted octanol–water partition coefficient (Wildman–Crippen LogP) is 10.5. The first kappa shape index (κ1) is 37.7. The van der Waals surface area contributed by atoms with E-state index in [4.69, 9.17) is 4.98 Å². The van der Waals surface area contributed by atoms with Crippen LogP contribution < -0.4 is 0 Å². The zero-order chi connectivity index (χ0) is 39.3. The fourth-order valence-electron chi connectivity index (χ4n) is 8.06. The summed E-state index contributed by atoms with van der Waals surface area (Å²) in [5.41, 5.74) is 14.3. The van der Waals surface area contributed by atoms with Crippen LogP contribution >= 0.6 is 0 Å². The molecule has 8 aromatic rings. The highest BCUT2D eigenvalue weighted by Gasteiger charge is 2.20. The minimum atomic E-state index is 0.270. The zero-order valence-electron chi connectivity index (χ0n) is 32.5. The zero-order valence-corrected chi connectivity index (χ0v) is 32.5. The number of phenolic OH excluding ortho intramolecular Hbond substituents is 2. The number of aromatic hydroxyl groups is 2. The molecule has 1 aliphatic heterocycles. The highest BCUT2D eigenvalue weighted by atomic mass is 16.3. The number of fused-ring (bicyclic) bond motifs is 2. The maximum atomic E-state index is 10.5. The van der Waals surface area contributed by atoms with Gasteiger partial charge in [0, 0.05) is 76.5 Å². The van der Waals surface area contributed by atoms with Crippen molar-refractivity contribution in [2.24, 2.45) is 5.92 Å². The van der Waals surface area contributed by atoms with Crippen LogP contribution in [0, 0.1) is 5.92 Å². The van der Waals surface area contributed by atoms with Crippen molar-refractivity contribution < 1.29 is 15.3 Å². The third-order valence-electron chi connectivity index (χ3n) is 11.4. The number of hydrogen-bond donors (Lipinski definition) is 5. The number of H-pyrrole nitrogens is 2. The quantitative estimate of drug-likeness (QED) is 0.100. The second-order valence-electron chi connectivity index (χ2n) is 15.0. The SMILES string of the molecule is CCc1ccccc1-c1c[nH]c2ncc(-c3ccc(O)c(CN4CCC(CO)CC4)c3)cc12.CCc1ccccc1-c1c[nH]c2ncc(-c3ccc(O)cc3)cc12. The first-order valence-corrected chi connectivity index (χ1v) is 20.0. The Morgan fingerprint density at radius 1 is 0.596 bits per heavy atom. The molecule has 0 aliphatic carbocycles. The van der Waals surface area contributed by atoms with Gasteiger partial charge >= 0.3 is 0 Å². The standard InChI is InChI=1S/C28H31N3O2.C21H18N2O/c1-2-20-5-3-4-6-24(20)26-16-30-28-25(26)14-22(15-29-28)21-7-8-27(33)23(13-21)17-31-11-9-19(18-32)10-12-31;1-2-14-5-3-4-6-18(14)20-13-23-21-19(20)11-16(12-22-21)15-7-9-17(24)10-8-15/h3-8,13-16,19,32-33H,2,9-12,17-18H2,1H3,(H,29,30);3-13,24H,2H2,1H3,(H,22,23). The molecule has 57 heavy (non-hydrogen) atoms. The summed E-state index contributed by atoms with van der Waals surface area (Å²) in [6.07, 6.45) is 11.8. The van der Waals surface area contributed by atoms with Crippen molar-refractivity contribution in [1.29, 1.82) is 0 Å². The van der Waals surface area contributed by atoms with Crippen LogP contribution in [0.1, 0.15) is 43.4 Å². The van der Waals surface area contributed by atoms with Crippen LogP contribution in [0.3, 0.4) is 0 Å². The summed E-state index contributed by atoms with van der Waals surface area (Å²) >= 11 is 0. The molecule has 8 heteroatoms. The lowest BCUT2D eigenvalue weighted by Gasteiger charge is -2.31. The highest BCUT2D eigenvalue weighted by molar-refractivity contribution is 5.97. The van der Waals surface area contributed by atoms with Gasteiger partial charge in [-0.25, -0.2) is 9.97 Å². The number of aromatic amines is 2. The van der Waals surface area contributed by atoms with Gasteiger partial charge in [0.05, 0.1) is 0 Å². The fourth-order valence-corrected chi connectivity index (χ4v) is 8.06. The molecule has 0 spiro atoms. The van der Waals surface area contributed by atoms with Gasteiger partial charge in [-0.15, -0.1) is 0 Å². The number of likely N-dealkylation sites (tertiary alicyclic amines) is 1. The third kappa shape index (κ3) is 8.05. The summed E-state index contributed by atoms with van der Waals surface area (Å²) in [6, 6.07) is 34.4. The van der Waals surface area contributed by atoms with Crippen molar-refractivity contribution >= 4 is 22.1 Å². The van der Waals surface area contributed by atoms with E-state index in [0.29, 0.717) is 18.2 Å². The number of nitrogens with one attached hydrogen (secondary N) is 2. The predicted molar refractivity (Wildman–Crippen MR) is 231 cm³/mol. The Hall–Kier alpha value is -6.22. The van der Waals surface area contributed by atoms with Crippen LogP contribution in [0.2, 0.25) is 0 Å². The summed E-state index contributed by atoms with van der Waals surface area (Å²) in [5, 5.41) is 31.6. The monoisotopic (exact) mass is 755 g/mol. The molecule has 4 aromatic carbocycles. The van der Waals surface area contributed by atoms with Gasteiger partial charge in [0.15, 0.2) is 0 Å². The molecule has 4 aromatic heterocycles. The van der Waals surface area contributed by atoms with Crippen LogP contribution in [-0.4, -0.2) is 59.9 Å². The topological polar surface area (TPSA) is 121 Å². The van der Waals surface area contributed by atoms with Crippen molar-refractivity contribution in [3.8, 4) is 56.0 Å². The smallest absolute Gasteiger partial charge is 0.137 e. The van der Waals surface area contributed by atoms with Gasteiger partial charge in [-0.3, -0.25) is 4.90 Å². The van der Waals surface area contributed by atoms with Gasteiger partial charge < -0.3 is 25.3 Å². The Labute approximate surface area is 333 Å². The number of phenols is 2. The largest absolute Gasteiger partial charge is 0.508 e. The molecule has 9 rings (SSSR count). The summed E-state index contributed by atoms with van der Waals surface area (Å²) < 4.78 is 0. The Morgan fingerprint density at radius 3 is 1.67 bits per heavy atom. The molecule has 0 radical (unpaired) electrons. The summed E-state index contributed by atoms with van der Waals surface area (Å²) in [7, 11) is 0. The molecule has 5 N–H and O–H groups in total. The number of hydrogen-bond acceptors (Lipinski definition) is 6. The van der Waals surface area contributed by atoms with Gasteiger partial charge in [-0.1, -0.05) is 80.6 Å². The Kier molecular flexibility index (Phi) is 11.2. The minimum absolute atomic E-state index is 0.270. The Bertz CT molecular complexity index is 2620. The molecule has 5 heterocycles. The molecule has 1 aliphatic rings. The molecular formula is C49H49N5O3. The molecular weight excluding hydrogens is 707 g/mol. The minimum Gasteiger partial charge on any atom is -0.508 e. The summed E-state index contributed by atoms with van der Waals surface area (Å²) in [6.45, 7) is 7.24. The van der Waals surface area contributed by atoms with Crippen molar-refractivity contribution in [3.05, 3.63) is 145 Å². The van der Waals surface area contributed by atoms with E-state index in [0.717, 1.165) is 88.7 Å². The van der Waals surface area contributed by atoms with Crippen LogP contribution in [0.4, 0.5) is 0 Å². The van der Waals surface area contributed by atoms with Gasteiger partial charge in [-0.2, -0.15) is 0 Å².